The SMILES string of the molecule is CCN1CCCC1C1CCCN1C(=O)c1sccc1C#N. The Morgan fingerprint density at radius 1 is 1.38 bits per heavy atom. The highest BCUT2D eigenvalue weighted by Gasteiger charge is 2.39. The average molecular weight is 303 g/mol. The molecule has 2 unspecified atom stereocenters. The molecule has 5 heteroatoms. The third-order valence-electron chi connectivity index (χ3n) is 4.80. The van der Waals surface area contributed by atoms with Gasteiger partial charge in [0.25, 0.3) is 5.91 Å². The van der Waals surface area contributed by atoms with Crippen molar-refractivity contribution in [3.8, 4) is 6.07 Å². The summed E-state index contributed by atoms with van der Waals surface area (Å²) in [6.45, 7) is 5.25. The third-order valence-corrected chi connectivity index (χ3v) is 5.71. The maximum absolute atomic E-state index is 12.8. The van der Waals surface area contributed by atoms with Crippen molar-refractivity contribution in [3.05, 3.63) is 21.9 Å². The summed E-state index contributed by atoms with van der Waals surface area (Å²) in [5, 5.41) is 11.0. The average Bonchev–Trinajstić information content (AvgIpc) is 3.23. The summed E-state index contributed by atoms with van der Waals surface area (Å²) < 4.78 is 0. The van der Waals surface area contributed by atoms with Crippen molar-refractivity contribution >= 4 is 17.2 Å². The molecule has 3 heterocycles. The number of hydrogen-bond acceptors (Lipinski definition) is 4. The van der Waals surface area contributed by atoms with Crippen molar-refractivity contribution in [2.75, 3.05) is 19.6 Å². The van der Waals surface area contributed by atoms with Gasteiger partial charge in [0, 0.05) is 18.6 Å². The van der Waals surface area contributed by atoms with Crippen LogP contribution in [0.3, 0.4) is 0 Å². The molecule has 2 atom stereocenters. The Morgan fingerprint density at radius 3 is 2.90 bits per heavy atom. The van der Waals surface area contributed by atoms with Crippen molar-refractivity contribution in [2.45, 2.75) is 44.7 Å². The van der Waals surface area contributed by atoms with Crippen molar-refractivity contribution < 1.29 is 4.79 Å². The van der Waals surface area contributed by atoms with Crippen LogP contribution >= 0.6 is 11.3 Å². The van der Waals surface area contributed by atoms with Crippen LogP contribution in [-0.2, 0) is 0 Å². The molecule has 1 aromatic rings. The number of thiophene rings is 1. The first kappa shape index (κ1) is 14.6. The molecule has 0 aromatic carbocycles. The lowest BCUT2D eigenvalue weighted by atomic mass is 10.0. The minimum atomic E-state index is 0.0620. The summed E-state index contributed by atoms with van der Waals surface area (Å²) in [6.07, 6.45) is 4.61. The normalized spacial score (nSPS) is 26.2. The van der Waals surface area contributed by atoms with E-state index in [-0.39, 0.29) is 5.91 Å². The Kier molecular flexibility index (Phi) is 4.27. The molecule has 4 nitrogen and oxygen atoms in total. The first-order valence-electron chi connectivity index (χ1n) is 7.79. The molecule has 2 aliphatic rings. The lowest BCUT2D eigenvalue weighted by molar-refractivity contribution is 0.0654. The van der Waals surface area contributed by atoms with Gasteiger partial charge in [-0.05, 0) is 50.2 Å². The summed E-state index contributed by atoms with van der Waals surface area (Å²) in [4.78, 5) is 18.0. The molecule has 21 heavy (non-hydrogen) atoms. The number of hydrogen-bond donors (Lipinski definition) is 0. The van der Waals surface area contributed by atoms with E-state index in [4.69, 9.17) is 5.26 Å². The topological polar surface area (TPSA) is 47.3 Å². The van der Waals surface area contributed by atoms with E-state index >= 15 is 0 Å². The van der Waals surface area contributed by atoms with Gasteiger partial charge in [-0.2, -0.15) is 5.26 Å². The molecule has 1 amide bonds. The van der Waals surface area contributed by atoms with E-state index < -0.39 is 0 Å². The molecule has 2 aliphatic heterocycles. The summed E-state index contributed by atoms with van der Waals surface area (Å²) >= 11 is 1.39. The van der Waals surface area contributed by atoms with Crippen molar-refractivity contribution in [1.29, 1.82) is 5.26 Å². The van der Waals surface area contributed by atoms with Gasteiger partial charge in [-0.15, -0.1) is 11.3 Å². The molecule has 0 spiro atoms. The van der Waals surface area contributed by atoms with E-state index in [1.807, 2.05) is 10.3 Å². The van der Waals surface area contributed by atoms with Crippen molar-refractivity contribution in [3.63, 3.8) is 0 Å². The Hall–Kier alpha value is -1.38. The molecular weight excluding hydrogens is 282 g/mol. The number of nitriles is 1. The largest absolute Gasteiger partial charge is 0.333 e. The van der Waals surface area contributed by atoms with Gasteiger partial charge in [-0.3, -0.25) is 9.69 Å². The van der Waals surface area contributed by atoms with E-state index in [0.717, 1.165) is 32.5 Å². The smallest absolute Gasteiger partial charge is 0.265 e. The summed E-state index contributed by atoms with van der Waals surface area (Å²) in [5.74, 6) is 0.0620. The number of amides is 1. The van der Waals surface area contributed by atoms with Gasteiger partial charge in [0.05, 0.1) is 5.56 Å². The minimum absolute atomic E-state index is 0.0620. The zero-order valence-corrected chi connectivity index (χ0v) is 13.2. The van der Waals surface area contributed by atoms with Gasteiger partial charge >= 0.3 is 0 Å². The van der Waals surface area contributed by atoms with Gasteiger partial charge in [-0.25, -0.2) is 0 Å². The van der Waals surface area contributed by atoms with Gasteiger partial charge in [0.2, 0.25) is 0 Å². The highest BCUT2D eigenvalue weighted by atomic mass is 32.1. The molecular formula is C16H21N3OS. The van der Waals surface area contributed by atoms with Crippen LogP contribution in [0.5, 0.6) is 0 Å². The van der Waals surface area contributed by atoms with Crippen LogP contribution in [0.15, 0.2) is 11.4 Å². The first-order chi connectivity index (χ1) is 10.3. The molecule has 2 saturated heterocycles. The van der Waals surface area contributed by atoms with Crippen LogP contribution in [0.1, 0.15) is 47.8 Å². The molecule has 3 rings (SSSR count). The molecule has 0 N–H and O–H groups in total. The molecule has 112 valence electrons. The summed E-state index contributed by atoms with van der Waals surface area (Å²) in [7, 11) is 0. The zero-order valence-electron chi connectivity index (χ0n) is 12.4. The molecule has 0 saturated carbocycles. The predicted molar refractivity (Wildman–Crippen MR) is 83.4 cm³/mol. The molecule has 1 aromatic heterocycles. The lowest BCUT2D eigenvalue weighted by Crippen LogP contribution is -2.48. The highest BCUT2D eigenvalue weighted by Crippen LogP contribution is 2.32. The molecule has 0 bridgehead atoms. The van der Waals surface area contributed by atoms with E-state index in [2.05, 4.69) is 17.9 Å². The Balaban J connectivity index is 1.81. The molecule has 2 fully saturated rings. The fourth-order valence-corrected chi connectivity index (χ4v) is 4.62. The number of carbonyl (C=O) groups is 1. The van der Waals surface area contributed by atoms with Gasteiger partial charge in [0.15, 0.2) is 0 Å². The van der Waals surface area contributed by atoms with Crippen LogP contribution in [0, 0.1) is 11.3 Å². The standard InChI is InChI=1S/C16H21N3OS/c1-2-18-8-3-5-13(18)14-6-4-9-19(14)16(20)15-12(11-17)7-10-21-15/h7,10,13-14H,2-6,8-9H2,1H3. The monoisotopic (exact) mass is 303 g/mol. The maximum Gasteiger partial charge on any atom is 0.265 e. The van der Waals surface area contributed by atoms with Gasteiger partial charge in [0.1, 0.15) is 10.9 Å². The van der Waals surface area contributed by atoms with Crippen LogP contribution in [0.25, 0.3) is 0 Å². The Morgan fingerprint density at radius 2 is 2.14 bits per heavy atom. The first-order valence-corrected chi connectivity index (χ1v) is 8.66. The number of likely N-dealkylation sites (tertiary alicyclic amines) is 2. The second-order valence-corrected chi connectivity index (χ2v) is 6.74. The van der Waals surface area contributed by atoms with Gasteiger partial charge < -0.3 is 4.90 Å². The Labute approximate surface area is 130 Å². The number of rotatable bonds is 3. The quantitative estimate of drug-likeness (QED) is 0.862. The number of nitrogens with zero attached hydrogens (tertiary/aromatic N) is 3. The third kappa shape index (κ3) is 2.58. The second kappa shape index (κ2) is 6.17. The summed E-state index contributed by atoms with van der Waals surface area (Å²) in [5.41, 5.74) is 0.523. The maximum atomic E-state index is 12.8. The predicted octanol–water partition coefficient (Wildman–Crippen LogP) is 2.71. The zero-order chi connectivity index (χ0) is 14.8. The van der Waals surface area contributed by atoms with Crippen LogP contribution in [0.2, 0.25) is 0 Å². The molecule has 0 aliphatic carbocycles. The van der Waals surface area contributed by atoms with Crippen LogP contribution in [-0.4, -0.2) is 47.4 Å². The van der Waals surface area contributed by atoms with E-state index in [9.17, 15) is 4.79 Å². The van der Waals surface area contributed by atoms with E-state index in [1.54, 1.807) is 6.07 Å². The van der Waals surface area contributed by atoms with Crippen LogP contribution < -0.4 is 0 Å². The fourth-order valence-electron chi connectivity index (χ4n) is 3.82. The number of carbonyl (C=O) groups excluding carboxylic acids is 1. The van der Waals surface area contributed by atoms with E-state index in [0.29, 0.717) is 22.5 Å². The second-order valence-electron chi connectivity index (χ2n) is 5.82. The van der Waals surface area contributed by atoms with Crippen molar-refractivity contribution in [2.24, 2.45) is 0 Å². The number of likely N-dealkylation sites (N-methyl/N-ethyl adjacent to an activating group) is 1. The fraction of sp³-hybridized carbons (Fsp3) is 0.625. The van der Waals surface area contributed by atoms with E-state index in [1.165, 1.54) is 24.2 Å². The Bertz CT molecular complexity index is 562. The summed E-state index contributed by atoms with van der Waals surface area (Å²) in [6, 6.07) is 4.72. The van der Waals surface area contributed by atoms with Gasteiger partial charge in [-0.1, -0.05) is 6.92 Å². The van der Waals surface area contributed by atoms with Crippen molar-refractivity contribution in [1.82, 2.24) is 9.80 Å². The molecule has 0 radical (unpaired) electrons. The minimum Gasteiger partial charge on any atom is -0.333 e. The highest BCUT2D eigenvalue weighted by molar-refractivity contribution is 7.12. The van der Waals surface area contributed by atoms with Crippen LogP contribution in [0.4, 0.5) is 0 Å². The lowest BCUT2D eigenvalue weighted by Gasteiger charge is -2.34.